The SMILES string of the molecule is CCCCOCCN1C(=O)NC(=O)C12CCCCC2. The Morgan fingerprint density at radius 3 is 2.63 bits per heavy atom. The molecule has 0 unspecified atom stereocenters. The van der Waals surface area contributed by atoms with Gasteiger partial charge < -0.3 is 9.64 Å². The van der Waals surface area contributed by atoms with Crippen LogP contribution in [0.15, 0.2) is 0 Å². The minimum absolute atomic E-state index is 0.106. The van der Waals surface area contributed by atoms with Crippen LogP contribution in [0.3, 0.4) is 0 Å². The number of carbonyl (C=O) groups is 2. The topological polar surface area (TPSA) is 58.6 Å². The van der Waals surface area contributed by atoms with E-state index < -0.39 is 5.54 Å². The van der Waals surface area contributed by atoms with Gasteiger partial charge in [-0.3, -0.25) is 10.1 Å². The molecule has 0 bridgehead atoms. The molecule has 1 N–H and O–H groups in total. The summed E-state index contributed by atoms with van der Waals surface area (Å²) in [5.74, 6) is -0.106. The zero-order chi connectivity index (χ0) is 13.7. The fourth-order valence-electron chi connectivity index (χ4n) is 3.05. The smallest absolute Gasteiger partial charge is 0.325 e. The molecule has 1 saturated heterocycles. The maximum absolute atomic E-state index is 12.1. The van der Waals surface area contributed by atoms with E-state index in [0.717, 1.165) is 51.6 Å². The van der Waals surface area contributed by atoms with E-state index >= 15 is 0 Å². The monoisotopic (exact) mass is 268 g/mol. The summed E-state index contributed by atoms with van der Waals surface area (Å²) in [4.78, 5) is 25.7. The van der Waals surface area contributed by atoms with Crippen molar-refractivity contribution in [1.82, 2.24) is 10.2 Å². The van der Waals surface area contributed by atoms with Gasteiger partial charge in [0.05, 0.1) is 6.61 Å². The molecular weight excluding hydrogens is 244 g/mol. The van der Waals surface area contributed by atoms with Gasteiger partial charge in [0.25, 0.3) is 5.91 Å². The lowest BCUT2D eigenvalue weighted by Crippen LogP contribution is -2.51. The molecule has 5 heteroatoms. The number of ether oxygens (including phenoxy) is 1. The number of unbranched alkanes of at least 4 members (excludes halogenated alkanes) is 1. The predicted octanol–water partition coefficient (Wildman–Crippen LogP) is 2.06. The van der Waals surface area contributed by atoms with E-state index in [-0.39, 0.29) is 11.9 Å². The molecule has 0 atom stereocenters. The van der Waals surface area contributed by atoms with Crippen molar-refractivity contribution in [3.63, 3.8) is 0 Å². The number of rotatable bonds is 6. The van der Waals surface area contributed by atoms with Gasteiger partial charge in [0.15, 0.2) is 0 Å². The first-order valence-electron chi connectivity index (χ1n) is 7.41. The highest BCUT2D eigenvalue weighted by atomic mass is 16.5. The van der Waals surface area contributed by atoms with Crippen molar-refractivity contribution in [3.8, 4) is 0 Å². The van der Waals surface area contributed by atoms with Gasteiger partial charge >= 0.3 is 6.03 Å². The molecule has 2 aliphatic rings. The second-order valence-electron chi connectivity index (χ2n) is 5.47. The van der Waals surface area contributed by atoms with E-state index in [9.17, 15) is 9.59 Å². The molecule has 1 spiro atoms. The van der Waals surface area contributed by atoms with E-state index in [1.807, 2.05) is 0 Å². The average Bonchev–Trinajstić information content (AvgIpc) is 2.63. The Hall–Kier alpha value is -1.10. The first-order valence-corrected chi connectivity index (χ1v) is 7.41. The maximum Gasteiger partial charge on any atom is 0.325 e. The zero-order valence-corrected chi connectivity index (χ0v) is 11.7. The lowest BCUT2D eigenvalue weighted by Gasteiger charge is -2.38. The minimum atomic E-state index is -0.580. The molecule has 19 heavy (non-hydrogen) atoms. The number of urea groups is 1. The largest absolute Gasteiger partial charge is 0.380 e. The molecule has 0 radical (unpaired) electrons. The molecule has 5 nitrogen and oxygen atoms in total. The molecule has 3 amide bonds. The van der Waals surface area contributed by atoms with Crippen LogP contribution in [0.25, 0.3) is 0 Å². The molecule has 0 aromatic carbocycles. The quantitative estimate of drug-likeness (QED) is 0.592. The van der Waals surface area contributed by atoms with E-state index in [4.69, 9.17) is 4.74 Å². The Labute approximate surface area is 114 Å². The number of hydrogen-bond acceptors (Lipinski definition) is 3. The molecule has 108 valence electrons. The van der Waals surface area contributed by atoms with Crippen molar-refractivity contribution in [2.45, 2.75) is 57.4 Å². The Kier molecular flexibility index (Phi) is 4.80. The van der Waals surface area contributed by atoms with Gasteiger partial charge in [-0.05, 0) is 19.3 Å². The summed E-state index contributed by atoms with van der Waals surface area (Å²) in [7, 11) is 0. The van der Waals surface area contributed by atoms with Crippen LogP contribution in [0.5, 0.6) is 0 Å². The van der Waals surface area contributed by atoms with Crippen molar-refractivity contribution in [3.05, 3.63) is 0 Å². The van der Waals surface area contributed by atoms with Gasteiger partial charge in [0, 0.05) is 13.2 Å². The average molecular weight is 268 g/mol. The van der Waals surface area contributed by atoms with Gasteiger partial charge in [0.2, 0.25) is 0 Å². The normalized spacial score (nSPS) is 22.1. The van der Waals surface area contributed by atoms with E-state index in [0.29, 0.717) is 13.2 Å². The van der Waals surface area contributed by atoms with Crippen LogP contribution in [0, 0.1) is 0 Å². The van der Waals surface area contributed by atoms with E-state index in [1.54, 1.807) is 4.90 Å². The van der Waals surface area contributed by atoms with Crippen LogP contribution in [-0.4, -0.2) is 42.1 Å². The number of amides is 3. The second kappa shape index (κ2) is 6.37. The second-order valence-corrected chi connectivity index (χ2v) is 5.47. The third-order valence-corrected chi connectivity index (χ3v) is 4.19. The van der Waals surface area contributed by atoms with E-state index in [1.165, 1.54) is 0 Å². The molecule has 1 aliphatic carbocycles. The van der Waals surface area contributed by atoms with Gasteiger partial charge in [0.1, 0.15) is 5.54 Å². The first kappa shape index (κ1) is 14.3. The summed E-state index contributed by atoms with van der Waals surface area (Å²) in [5, 5.41) is 2.47. The summed E-state index contributed by atoms with van der Waals surface area (Å²) in [6, 6.07) is -0.244. The Morgan fingerprint density at radius 1 is 1.21 bits per heavy atom. The Balaban J connectivity index is 1.92. The fraction of sp³-hybridized carbons (Fsp3) is 0.857. The predicted molar refractivity (Wildman–Crippen MR) is 71.8 cm³/mol. The van der Waals surface area contributed by atoms with Crippen LogP contribution < -0.4 is 5.32 Å². The van der Waals surface area contributed by atoms with E-state index in [2.05, 4.69) is 12.2 Å². The third-order valence-electron chi connectivity index (χ3n) is 4.19. The molecule has 2 fully saturated rings. The highest BCUT2D eigenvalue weighted by Gasteiger charge is 2.52. The van der Waals surface area contributed by atoms with Gasteiger partial charge in [-0.25, -0.2) is 4.79 Å². The zero-order valence-electron chi connectivity index (χ0n) is 11.7. The molecule has 1 aliphatic heterocycles. The van der Waals surface area contributed by atoms with Crippen LogP contribution in [-0.2, 0) is 9.53 Å². The maximum atomic E-state index is 12.1. The van der Waals surface area contributed by atoms with Crippen LogP contribution in [0.2, 0.25) is 0 Å². The highest BCUT2D eigenvalue weighted by Crippen LogP contribution is 2.36. The number of nitrogens with zero attached hydrogens (tertiary/aromatic N) is 1. The van der Waals surface area contributed by atoms with Crippen LogP contribution in [0.4, 0.5) is 4.79 Å². The number of imide groups is 1. The summed E-state index contributed by atoms with van der Waals surface area (Å²) < 4.78 is 5.52. The van der Waals surface area contributed by atoms with Crippen LogP contribution in [0.1, 0.15) is 51.9 Å². The third kappa shape index (κ3) is 2.91. The standard InChI is InChI=1S/C14H24N2O3/c1-2-3-10-19-11-9-16-13(18)15-12(17)14(16)7-5-4-6-8-14/h2-11H2,1H3,(H,15,17,18). The van der Waals surface area contributed by atoms with Gasteiger partial charge in [-0.1, -0.05) is 32.6 Å². The number of nitrogens with one attached hydrogen (secondary N) is 1. The molecule has 2 rings (SSSR count). The van der Waals surface area contributed by atoms with Gasteiger partial charge in [-0.15, -0.1) is 0 Å². The minimum Gasteiger partial charge on any atom is -0.380 e. The van der Waals surface area contributed by atoms with Gasteiger partial charge in [-0.2, -0.15) is 0 Å². The molecule has 0 aromatic rings. The van der Waals surface area contributed by atoms with Crippen molar-refractivity contribution >= 4 is 11.9 Å². The Bertz CT molecular complexity index is 338. The van der Waals surface area contributed by atoms with Crippen molar-refractivity contribution in [2.24, 2.45) is 0 Å². The van der Waals surface area contributed by atoms with Crippen molar-refractivity contribution in [1.29, 1.82) is 0 Å². The number of carbonyl (C=O) groups excluding carboxylic acids is 2. The number of hydrogen-bond donors (Lipinski definition) is 1. The fourth-order valence-corrected chi connectivity index (χ4v) is 3.05. The molecule has 1 heterocycles. The lowest BCUT2D eigenvalue weighted by molar-refractivity contribution is -0.128. The molecular formula is C14H24N2O3. The van der Waals surface area contributed by atoms with Crippen LogP contribution >= 0.6 is 0 Å². The molecule has 0 aromatic heterocycles. The van der Waals surface area contributed by atoms with Crippen molar-refractivity contribution < 1.29 is 14.3 Å². The Morgan fingerprint density at radius 2 is 1.95 bits per heavy atom. The summed E-state index contributed by atoms with van der Waals surface area (Å²) in [6.07, 6.45) is 6.92. The summed E-state index contributed by atoms with van der Waals surface area (Å²) in [6.45, 7) is 3.88. The first-order chi connectivity index (χ1) is 9.20. The summed E-state index contributed by atoms with van der Waals surface area (Å²) >= 11 is 0. The highest BCUT2D eigenvalue weighted by molar-refractivity contribution is 6.07. The van der Waals surface area contributed by atoms with Crippen molar-refractivity contribution in [2.75, 3.05) is 19.8 Å². The molecule has 1 saturated carbocycles. The summed E-state index contributed by atoms with van der Waals surface area (Å²) in [5.41, 5.74) is -0.580. The lowest BCUT2D eigenvalue weighted by atomic mass is 9.80.